The number of hydrogen-bond acceptors (Lipinski definition) is 4. The van der Waals surface area contributed by atoms with Crippen molar-refractivity contribution in [1.29, 1.82) is 0 Å². The largest absolute Gasteiger partial charge is 0.340 e. The molecule has 4 nitrogen and oxygen atoms in total. The summed E-state index contributed by atoms with van der Waals surface area (Å²) in [6.45, 7) is 4.30. The third-order valence-corrected chi connectivity index (χ3v) is 6.53. The Hall–Kier alpha value is -1.98. The first-order valence-corrected chi connectivity index (χ1v) is 10.1. The maximum absolute atomic E-state index is 12.8. The number of hydrogen-bond donors (Lipinski definition) is 1. The molecule has 0 spiro atoms. The lowest BCUT2D eigenvalue weighted by atomic mass is 10.1. The highest BCUT2D eigenvalue weighted by Crippen LogP contribution is 2.47. The molecule has 2 aromatic rings. The summed E-state index contributed by atoms with van der Waals surface area (Å²) in [4.78, 5) is 19.6. The van der Waals surface area contributed by atoms with E-state index in [9.17, 15) is 4.79 Å². The minimum Gasteiger partial charge on any atom is -0.340 e. The number of nitrogens with two attached hydrogens (primary N) is 1. The van der Waals surface area contributed by atoms with E-state index in [1.54, 1.807) is 11.8 Å². The van der Waals surface area contributed by atoms with E-state index in [0.717, 1.165) is 13.0 Å². The molecular weight excluding hydrogens is 342 g/mol. The van der Waals surface area contributed by atoms with Gasteiger partial charge in [-0.3, -0.25) is 4.79 Å². The summed E-state index contributed by atoms with van der Waals surface area (Å²) < 4.78 is 0. The second-order valence-electron chi connectivity index (χ2n) is 7.17. The molecule has 136 valence electrons. The Balaban J connectivity index is 1.52. The molecule has 1 fully saturated rings. The number of benzene rings is 2. The Morgan fingerprint density at radius 1 is 1.12 bits per heavy atom. The summed E-state index contributed by atoms with van der Waals surface area (Å²) in [5, 5.41) is 0. The van der Waals surface area contributed by atoms with Crippen LogP contribution < -0.4 is 10.6 Å². The average molecular weight is 368 g/mol. The number of likely N-dealkylation sites (tertiary alicyclic amines) is 1. The number of anilines is 2. The average Bonchev–Trinajstić information content (AvgIpc) is 3.06. The Kier molecular flexibility index (Phi) is 4.92. The number of fused-ring (bicyclic) bond motifs is 2. The van der Waals surface area contributed by atoms with Crippen molar-refractivity contribution in [3.63, 3.8) is 0 Å². The van der Waals surface area contributed by atoms with E-state index in [4.69, 9.17) is 5.73 Å². The van der Waals surface area contributed by atoms with Crippen LogP contribution in [0.15, 0.2) is 58.3 Å². The van der Waals surface area contributed by atoms with Gasteiger partial charge in [0.15, 0.2) is 0 Å². The van der Waals surface area contributed by atoms with Crippen molar-refractivity contribution < 1.29 is 4.79 Å². The summed E-state index contributed by atoms with van der Waals surface area (Å²) in [6, 6.07) is 17.2. The van der Waals surface area contributed by atoms with E-state index in [2.05, 4.69) is 60.4 Å². The van der Waals surface area contributed by atoms with Crippen LogP contribution in [-0.4, -0.2) is 36.5 Å². The molecule has 2 atom stereocenters. The summed E-state index contributed by atoms with van der Waals surface area (Å²) in [5.74, 6) is 0.684. The third-order valence-electron chi connectivity index (χ3n) is 5.40. The Morgan fingerprint density at radius 2 is 1.73 bits per heavy atom. The molecule has 2 aliphatic rings. The van der Waals surface area contributed by atoms with Crippen molar-refractivity contribution in [3.05, 3.63) is 48.5 Å². The lowest BCUT2D eigenvalue weighted by Crippen LogP contribution is -2.36. The molecule has 2 aliphatic heterocycles. The van der Waals surface area contributed by atoms with E-state index >= 15 is 0 Å². The zero-order valence-electron chi connectivity index (χ0n) is 15.1. The number of carbonyl (C=O) groups is 1. The fourth-order valence-electron chi connectivity index (χ4n) is 4.03. The standard InChI is InChI=1S/C21H25N3OS/c1-15-12-16(13-22)14-24(15)21(25)10-11-23-17-6-2-4-8-19(17)26-20-9-5-3-7-18(20)23/h2-9,15-16H,10-14,22H2,1H3. The van der Waals surface area contributed by atoms with Crippen LogP contribution in [-0.2, 0) is 4.79 Å². The minimum absolute atomic E-state index is 0.238. The van der Waals surface area contributed by atoms with Gasteiger partial charge in [-0.15, -0.1) is 0 Å². The van der Waals surface area contributed by atoms with Gasteiger partial charge in [0.05, 0.1) is 11.4 Å². The van der Waals surface area contributed by atoms with E-state index < -0.39 is 0 Å². The predicted molar refractivity (Wildman–Crippen MR) is 107 cm³/mol. The molecule has 0 aromatic heterocycles. The molecule has 1 amide bonds. The van der Waals surface area contributed by atoms with Crippen molar-refractivity contribution >= 4 is 29.0 Å². The SMILES string of the molecule is CC1CC(CN)CN1C(=O)CCN1c2ccccc2Sc2ccccc21. The number of para-hydroxylation sites is 2. The van der Waals surface area contributed by atoms with Gasteiger partial charge in [-0.1, -0.05) is 36.0 Å². The van der Waals surface area contributed by atoms with Crippen molar-refractivity contribution in [1.82, 2.24) is 4.90 Å². The molecule has 5 heteroatoms. The second-order valence-corrected chi connectivity index (χ2v) is 8.26. The van der Waals surface area contributed by atoms with E-state index in [1.165, 1.54) is 21.2 Å². The van der Waals surface area contributed by atoms with Crippen molar-refractivity contribution in [2.75, 3.05) is 24.5 Å². The fourth-order valence-corrected chi connectivity index (χ4v) is 5.13. The van der Waals surface area contributed by atoms with Gasteiger partial charge in [0, 0.05) is 35.3 Å². The highest BCUT2D eigenvalue weighted by atomic mass is 32.2. The molecule has 26 heavy (non-hydrogen) atoms. The summed E-state index contributed by atoms with van der Waals surface area (Å²) in [7, 11) is 0. The Bertz CT molecular complexity index is 764. The number of amides is 1. The molecule has 0 bridgehead atoms. The van der Waals surface area contributed by atoms with Crippen LogP contribution in [0, 0.1) is 5.92 Å². The predicted octanol–water partition coefficient (Wildman–Crippen LogP) is 3.88. The second kappa shape index (κ2) is 7.33. The van der Waals surface area contributed by atoms with Crippen LogP contribution >= 0.6 is 11.8 Å². The van der Waals surface area contributed by atoms with Crippen LogP contribution in [0.3, 0.4) is 0 Å². The van der Waals surface area contributed by atoms with Crippen molar-refractivity contribution in [2.24, 2.45) is 11.7 Å². The smallest absolute Gasteiger partial charge is 0.224 e. The van der Waals surface area contributed by atoms with Crippen LogP contribution in [0.4, 0.5) is 11.4 Å². The Labute approximate surface area is 159 Å². The highest BCUT2D eigenvalue weighted by molar-refractivity contribution is 7.99. The monoisotopic (exact) mass is 367 g/mol. The first kappa shape index (κ1) is 17.4. The zero-order valence-corrected chi connectivity index (χ0v) is 15.9. The van der Waals surface area contributed by atoms with Gasteiger partial charge in [-0.2, -0.15) is 0 Å². The van der Waals surface area contributed by atoms with Crippen molar-refractivity contribution in [2.45, 2.75) is 35.6 Å². The van der Waals surface area contributed by atoms with Gasteiger partial charge >= 0.3 is 0 Å². The normalized spacial score (nSPS) is 21.5. The highest BCUT2D eigenvalue weighted by Gasteiger charge is 2.32. The van der Waals surface area contributed by atoms with Gasteiger partial charge in [0.1, 0.15) is 0 Å². The fraction of sp³-hybridized carbons (Fsp3) is 0.381. The maximum atomic E-state index is 12.8. The molecule has 2 heterocycles. The maximum Gasteiger partial charge on any atom is 0.224 e. The molecule has 0 saturated carbocycles. The van der Waals surface area contributed by atoms with Crippen LogP contribution in [0.2, 0.25) is 0 Å². The van der Waals surface area contributed by atoms with Gasteiger partial charge < -0.3 is 15.5 Å². The summed E-state index contributed by atoms with van der Waals surface area (Å²) in [5.41, 5.74) is 8.19. The Morgan fingerprint density at radius 3 is 2.31 bits per heavy atom. The number of nitrogens with zero attached hydrogens (tertiary/aromatic N) is 2. The topological polar surface area (TPSA) is 49.6 Å². The lowest BCUT2D eigenvalue weighted by Gasteiger charge is -2.33. The molecule has 2 aromatic carbocycles. The first-order chi connectivity index (χ1) is 12.7. The van der Waals surface area contributed by atoms with Crippen LogP contribution in [0.1, 0.15) is 19.8 Å². The quantitative estimate of drug-likeness (QED) is 0.891. The molecular formula is C21H25N3OS. The van der Waals surface area contributed by atoms with Crippen molar-refractivity contribution in [3.8, 4) is 0 Å². The van der Waals surface area contributed by atoms with Crippen LogP contribution in [0.25, 0.3) is 0 Å². The van der Waals surface area contributed by atoms with E-state index in [-0.39, 0.29) is 5.91 Å². The molecule has 2 N–H and O–H groups in total. The molecule has 4 rings (SSSR count). The van der Waals surface area contributed by atoms with Gasteiger partial charge in [0.25, 0.3) is 0 Å². The van der Waals surface area contributed by atoms with Gasteiger partial charge in [-0.05, 0) is 50.1 Å². The van der Waals surface area contributed by atoms with Gasteiger partial charge in [-0.25, -0.2) is 0 Å². The number of carbonyl (C=O) groups excluding carboxylic acids is 1. The zero-order chi connectivity index (χ0) is 18.1. The van der Waals surface area contributed by atoms with Gasteiger partial charge in [0.2, 0.25) is 5.91 Å². The molecule has 2 unspecified atom stereocenters. The first-order valence-electron chi connectivity index (χ1n) is 9.30. The number of rotatable bonds is 4. The minimum atomic E-state index is 0.238. The van der Waals surface area contributed by atoms with E-state index in [1.807, 2.05) is 4.90 Å². The molecule has 1 saturated heterocycles. The molecule has 0 radical (unpaired) electrons. The van der Waals surface area contributed by atoms with E-state index in [0.29, 0.717) is 31.5 Å². The van der Waals surface area contributed by atoms with Crippen LogP contribution in [0.5, 0.6) is 0 Å². The third kappa shape index (κ3) is 3.21. The summed E-state index contributed by atoms with van der Waals surface area (Å²) >= 11 is 1.80. The summed E-state index contributed by atoms with van der Waals surface area (Å²) in [6.07, 6.45) is 1.54. The lowest BCUT2D eigenvalue weighted by molar-refractivity contribution is -0.131. The molecule has 0 aliphatic carbocycles.